The van der Waals surface area contributed by atoms with Crippen LogP contribution in [0.25, 0.3) is 99.2 Å². The topological polar surface area (TPSA) is 46.8 Å². The molecule has 0 aliphatic carbocycles. The van der Waals surface area contributed by atoms with Crippen LogP contribution < -0.4 is 0 Å². The van der Waals surface area contributed by atoms with Crippen LogP contribution in [0.3, 0.4) is 0 Å². The Morgan fingerprint density at radius 3 is 1.58 bits per heavy atom. The van der Waals surface area contributed by atoms with E-state index in [9.17, 15) is 5.26 Å². The number of furan rings is 1. The predicted octanol–water partition coefficient (Wildman–Crippen LogP) is 13.0. The molecular weight excluding hydrogens is 647 g/mol. The standard InChI is InChI=1S/C49H29N3O/c50-30-31-18-20-32(21-19-31)34-24-35(33-22-23-41-40-14-6-9-17-48(40)53-49(41)27-33)26-37(25-34)52-45-16-8-5-13-39(45)43-28-46-42(29-47(43)52)38-12-4-7-15-44(38)51(46)36-10-2-1-3-11-36/h1-29H. The molecule has 53 heavy (non-hydrogen) atoms. The second-order valence-electron chi connectivity index (χ2n) is 13.7. The monoisotopic (exact) mass is 675 g/mol. The molecule has 0 fully saturated rings. The van der Waals surface area contributed by atoms with Crippen molar-refractivity contribution >= 4 is 65.6 Å². The first-order valence-corrected chi connectivity index (χ1v) is 17.8. The van der Waals surface area contributed by atoms with Gasteiger partial charge in [0.1, 0.15) is 11.2 Å². The lowest BCUT2D eigenvalue weighted by Gasteiger charge is -2.14. The number of fused-ring (bicyclic) bond motifs is 9. The minimum absolute atomic E-state index is 0.640. The van der Waals surface area contributed by atoms with Gasteiger partial charge in [0.05, 0.1) is 33.7 Å². The van der Waals surface area contributed by atoms with E-state index in [-0.39, 0.29) is 0 Å². The van der Waals surface area contributed by atoms with Crippen molar-refractivity contribution < 1.29 is 4.42 Å². The third kappa shape index (κ3) is 4.48. The van der Waals surface area contributed by atoms with Crippen molar-refractivity contribution in [3.05, 3.63) is 181 Å². The quantitative estimate of drug-likeness (QED) is 0.186. The molecule has 0 spiro atoms. The fraction of sp³-hybridized carbons (Fsp3) is 0. The van der Waals surface area contributed by atoms with Crippen LogP contribution in [-0.4, -0.2) is 9.13 Å². The molecule has 0 unspecified atom stereocenters. The first-order chi connectivity index (χ1) is 26.2. The van der Waals surface area contributed by atoms with Gasteiger partial charge in [-0.15, -0.1) is 0 Å². The van der Waals surface area contributed by atoms with E-state index in [1.165, 1.54) is 32.6 Å². The second kappa shape index (κ2) is 11.3. The molecule has 4 heteroatoms. The summed E-state index contributed by atoms with van der Waals surface area (Å²) in [5, 5.41) is 16.6. The number of hydrogen-bond acceptors (Lipinski definition) is 2. The summed E-state index contributed by atoms with van der Waals surface area (Å²) in [5.41, 5.74) is 13.5. The highest BCUT2D eigenvalue weighted by Crippen LogP contribution is 2.41. The van der Waals surface area contributed by atoms with Crippen LogP contribution in [0.4, 0.5) is 0 Å². The minimum atomic E-state index is 0.640. The largest absolute Gasteiger partial charge is 0.456 e. The van der Waals surface area contributed by atoms with Crippen molar-refractivity contribution in [2.75, 3.05) is 0 Å². The third-order valence-corrected chi connectivity index (χ3v) is 10.7. The van der Waals surface area contributed by atoms with Crippen molar-refractivity contribution in [1.82, 2.24) is 9.13 Å². The molecule has 0 saturated heterocycles. The molecule has 0 radical (unpaired) electrons. The molecule has 0 atom stereocenters. The highest BCUT2D eigenvalue weighted by molar-refractivity contribution is 6.19. The Bertz CT molecular complexity index is 3280. The van der Waals surface area contributed by atoms with Crippen molar-refractivity contribution in [2.24, 2.45) is 0 Å². The average molecular weight is 676 g/mol. The van der Waals surface area contributed by atoms with Crippen molar-refractivity contribution in [1.29, 1.82) is 5.26 Å². The van der Waals surface area contributed by atoms with Crippen molar-refractivity contribution in [2.45, 2.75) is 0 Å². The molecule has 11 rings (SSSR count). The molecule has 8 aromatic carbocycles. The molecule has 0 N–H and O–H groups in total. The fourth-order valence-electron chi connectivity index (χ4n) is 8.28. The maximum absolute atomic E-state index is 9.54. The van der Waals surface area contributed by atoms with E-state index < -0.39 is 0 Å². The molecule has 0 amide bonds. The Labute approximate surface area is 304 Å². The Morgan fingerprint density at radius 1 is 0.358 bits per heavy atom. The minimum Gasteiger partial charge on any atom is -0.456 e. The van der Waals surface area contributed by atoms with Gasteiger partial charge in [0.2, 0.25) is 0 Å². The Kier molecular flexibility index (Phi) is 6.28. The normalized spacial score (nSPS) is 11.8. The predicted molar refractivity (Wildman–Crippen MR) is 218 cm³/mol. The number of rotatable bonds is 4. The van der Waals surface area contributed by atoms with Gasteiger partial charge in [0.15, 0.2) is 0 Å². The molecule has 3 aromatic heterocycles. The molecule has 0 aliphatic rings. The Balaban J connectivity index is 1.21. The second-order valence-corrected chi connectivity index (χ2v) is 13.7. The lowest BCUT2D eigenvalue weighted by atomic mass is 9.96. The van der Waals surface area contributed by atoms with Crippen LogP contribution in [-0.2, 0) is 0 Å². The number of para-hydroxylation sites is 4. The highest BCUT2D eigenvalue weighted by Gasteiger charge is 2.19. The summed E-state index contributed by atoms with van der Waals surface area (Å²) >= 11 is 0. The van der Waals surface area contributed by atoms with E-state index in [2.05, 4.69) is 155 Å². The summed E-state index contributed by atoms with van der Waals surface area (Å²) in [7, 11) is 0. The highest BCUT2D eigenvalue weighted by atomic mass is 16.3. The van der Waals surface area contributed by atoms with Crippen LogP contribution in [0, 0.1) is 11.3 Å². The maximum Gasteiger partial charge on any atom is 0.136 e. The van der Waals surface area contributed by atoms with Gasteiger partial charge in [-0.1, -0.05) is 91.0 Å². The van der Waals surface area contributed by atoms with Gasteiger partial charge in [-0.2, -0.15) is 5.26 Å². The van der Waals surface area contributed by atoms with Crippen molar-refractivity contribution in [3.8, 4) is 39.7 Å². The SMILES string of the molecule is N#Cc1ccc(-c2cc(-c3ccc4c(c3)oc3ccccc34)cc(-n3c4ccccc4c4cc5c(cc43)c3ccccc3n5-c3ccccc3)c2)cc1. The van der Waals surface area contributed by atoms with E-state index in [1.807, 2.05) is 36.4 Å². The zero-order chi connectivity index (χ0) is 35.0. The smallest absolute Gasteiger partial charge is 0.136 e. The van der Waals surface area contributed by atoms with Gasteiger partial charge in [-0.3, -0.25) is 0 Å². The first kappa shape index (κ1) is 29.4. The average Bonchev–Trinajstić information content (AvgIpc) is 3.87. The molecule has 0 bridgehead atoms. The molecule has 246 valence electrons. The van der Waals surface area contributed by atoms with Crippen LogP contribution in [0.1, 0.15) is 5.56 Å². The van der Waals surface area contributed by atoms with Crippen molar-refractivity contribution in [3.63, 3.8) is 0 Å². The fourth-order valence-corrected chi connectivity index (χ4v) is 8.28. The number of hydrogen-bond donors (Lipinski definition) is 0. The number of nitriles is 1. The maximum atomic E-state index is 9.54. The summed E-state index contributed by atoms with van der Waals surface area (Å²) in [6.07, 6.45) is 0. The molecule has 4 nitrogen and oxygen atoms in total. The van der Waals surface area contributed by atoms with Gasteiger partial charge >= 0.3 is 0 Å². The van der Waals surface area contributed by atoms with Gasteiger partial charge in [0.25, 0.3) is 0 Å². The van der Waals surface area contributed by atoms with E-state index >= 15 is 0 Å². The molecule has 0 aliphatic heterocycles. The number of benzene rings is 8. The van der Waals surface area contributed by atoms with Crippen LogP contribution in [0.5, 0.6) is 0 Å². The summed E-state index contributed by atoms with van der Waals surface area (Å²) in [4.78, 5) is 0. The van der Waals surface area contributed by atoms with Crippen LogP contribution in [0.2, 0.25) is 0 Å². The summed E-state index contributed by atoms with van der Waals surface area (Å²) < 4.78 is 11.1. The lowest BCUT2D eigenvalue weighted by Crippen LogP contribution is -1.96. The molecule has 3 heterocycles. The number of nitrogens with zero attached hydrogens (tertiary/aromatic N) is 3. The zero-order valence-corrected chi connectivity index (χ0v) is 28.5. The van der Waals surface area contributed by atoms with Gasteiger partial charge < -0.3 is 13.6 Å². The summed E-state index contributed by atoms with van der Waals surface area (Å²) in [6, 6.07) is 64.4. The first-order valence-electron chi connectivity index (χ1n) is 17.8. The molecule has 11 aromatic rings. The van der Waals surface area contributed by atoms with E-state index in [0.717, 1.165) is 66.6 Å². The van der Waals surface area contributed by atoms with Crippen LogP contribution >= 0.6 is 0 Å². The molecular formula is C49H29N3O. The Hall–Kier alpha value is -7.35. The van der Waals surface area contributed by atoms with Crippen LogP contribution in [0.15, 0.2) is 180 Å². The van der Waals surface area contributed by atoms with Gasteiger partial charge in [-0.25, -0.2) is 0 Å². The summed E-state index contributed by atoms with van der Waals surface area (Å²) in [6.45, 7) is 0. The number of aromatic nitrogens is 2. The molecule has 0 saturated carbocycles. The van der Waals surface area contributed by atoms with E-state index in [1.54, 1.807) is 0 Å². The third-order valence-electron chi connectivity index (χ3n) is 10.7. The zero-order valence-electron chi connectivity index (χ0n) is 28.5. The van der Waals surface area contributed by atoms with E-state index in [0.29, 0.717) is 5.56 Å². The lowest BCUT2D eigenvalue weighted by molar-refractivity contribution is 0.669. The summed E-state index contributed by atoms with van der Waals surface area (Å²) in [5.74, 6) is 0. The van der Waals surface area contributed by atoms with Gasteiger partial charge in [0, 0.05) is 43.7 Å². The van der Waals surface area contributed by atoms with E-state index in [4.69, 9.17) is 4.42 Å². The van der Waals surface area contributed by atoms with Gasteiger partial charge in [-0.05, 0) is 107 Å². The Morgan fingerprint density at radius 2 is 0.906 bits per heavy atom.